The average Bonchev–Trinajstić information content (AvgIpc) is 2.36. The summed E-state index contributed by atoms with van der Waals surface area (Å²) in [6.07, 6.45) is 3.40. The second-order valence-corrected chi connectivity index (χ2v) is 6.50. The van der Waals surface area contributed by atoms with Crippen LogP contribution < -0.4 is 5.32 Å². The van der Waals surface area contributed by atoms with Gasteiger partial charge < -0.3 is 15.2 Å². The highest BCUT2D eigenvalue weighted by molar-refractivity contribution is 7.99. The van der Waals surface area contributed by atoms with Crippen LogP contribution in [-0.4, -0.2) is 48.4 Å². The van der Waals surface area contributed by atoms with Gasteiger partial charge in [0.05, 0.1) is 5.60 Å². The minimum Gasteiger partial charge on any atom is -0.388 e. The molecule has 0 radical (unpaired) electrons. The van der Waals surface area contributed by atoms with Crippen molar-refractivity contribution in [3.8, 4) is 0 Å². The summed E-state index contributed by atoms with van der Waals surface area (Å²) < 4.78 is 4.93. The van der Waals surface area contributed by atoms with E-state index in [1.165, 1.54) is 11.5 Å². The Bertz CT molecular complexity index is 253. The van der Waals surface area contributed by atoms with Crippen molar-refractivity contribution in [1.29, 1.82) is 0 Å². The van der Waals surface area contributed by atoms with Crippen molar-refractivity contribution >= 4 is 17.7 Å². The summed E-state index contributed by atoms with van der Waals surface area (Å²) in [5.74, 6) is 2.92. The molecule has 1 amide bonds. The van der Waals surface area contributed by atoms with Gasteiger partial charge in [-0.1, -0.05) is 0 Å². The number of amides is 1. The van der Waals surface area contributed by atoms with E-state index in [0.29, 0.717) is 31.9 Å². The highest BCUT2D eigenvalue weighted by atomic mass is 32.2. The van der Waals surface area contributed by atoms with Gasteiger partial charge in [-0.15, -0.1) is 0 Å². The molecule has 1 saturated heterocycles. The Morgan fingerprint density at radius 1 is 1.50 bits per heavy atom. The Morgan fingerprint density at radius 2 is 2.17 bits per heavy atom. The third kappa shape index (κ3) is 6.61. The number of methoxy groups -OCH3 is 1. The summed E-state index contributed by atoms with van der Waals surface area (Å²) in [7, 11) is 1.61. The number of thioether (sulfide) groups is 1. The fourth-order valence-corrected chi connectivity index (χ4v) is 3.19. The minimum atomic E-state index is -0.881. The van der Waals surface area contributed by atoms with Gasteiger partial charge in [0.15, 0.2) is 0 Å². The quantitative estimate of drug-likeness (QED) is 0.738. The van der Waals surface area contributed by atoms with Gasteiger partial charge in [-0.2, -0.15) is 11.8 Å². The van der Waals surface area contributed by atoms with Crippen LogP contribution in [-0.2, 0) is 9.53 Å². The zero-order chi connectivity index (χ0) is 13.4. The van der Waals surface area contributed by atoms with Crippen LogP contribution in [0.15, 0.2) is 0 Å². The van der Waals surface area contributed by atoms with Crippen LogP contribution in [0.5, 0.6) is 0 Å². The molecular formula is C13H25NO3S. The van der Waals surface area contributed by atoms with Crippen molar-refractivity contribution in [2.45, 2.75) is 38.2 Å². The van der Waals surface area contributed by atoms with Gasteiger partial charge in [0.1, 0.15) is 0 Å². The zero-order valence-corrected chi connectivity index (χ0v) is 12.2. The lowest BCUT2D eigenvalue weighted by Crippen LogP contribution is -2.41. The number of nitrogens with one attached hydrogen (secondary N) is 1. The van der Waals surface area contributed by atoms with Gasteiger partial charge in [-0.05, 0) is 37.2 Å². The molecule has 1 heterocycles. The van der Waals surface area contributed by atoms with Crippen LogP contribution in [0.2, 0.25) is 0 Å². The molecule has 0 spiro atoms. The number of hydrogen-bond acceptors (Lipinski definition) is 4. The van der Waals surface area contributed by atoms with Crippen molar-refractivity contribution in [3.05, 3.63) is 0 Å². The van der Waals surface area contributed by atoms with Crippen molar-refractivity contribution in [2.75, 3.05) is 31.8 Å². The molecule has 4 nitrogen and oxygen atoms in total. The summed E-state index contributed by atoms with van der Waals surface area (Å²) >= 11 is 1.97. The summed E-state index contributed by atoms with van der Waals surface area (Å²) in [6.45, 7) is 2.53. The number of aliphatic hydroxyl groups is 1. The van der Waals surface area contributed by atoms with Crippen LogP contribution in [0.3, 0.4) is 0 Å². The van der Waals surface area contributed by atoms with Gasteiger partial charge in [0, 0.05) is 33.1 Å². The number of ether oxygens (including phenoxy) is 1. The zero-order valence-electron chi connectivity index (χ0n) is 11.4. The molecule has 1 rings (SSSR count). The smallest absolute Gasteiger partial charge is 0.220 e. The molecule has 1 fully saturated rings. The topological polar surface area (TPSA) is 58.6 Å². The molecule has 1 atom stereocenters. The minimum absolute atomic E-state index is 0.0598. The lowest BCUT2D eigenvalue weighted by atomic mass is 9.98. The average molecular weight is 275 g/mol. The van der Waals surface area contributed by atoms with E-state index in [0.717, 1.165) is 12.8 Å². The molecule has 5 heteroatoms. The Morgan fingerprint density at radius 3 is 2.78 bits per heavy atom. The van der Waals surface area contributed by atoms with Crippen molar-refractivity contribution in [3.63, 3.8) is 0 Å². The first-order chi connectivity index (χ1) is 8.53. The number of carbonyl (C=O) groups excluding carboxylic acids is 1. The first-order valence-electron chi connectivity index (χ1n) is 6.59. The molecule has 0 saturated carbocycles. The first kappa shape index (κ1) is 15.8. The molecule has 0 aromatic carbocycles. The molecule has 1 unspecified atom stereocenters. The molecule has 18 heavy (non-hydrogen) atoms. The first-order valence-corrected chi connectivity index (χ1v) is 7.75. The standard InChI is InChI=1S/C13H25NO3S/c1-13(16,5-6-17-2)10-14-12(15)9-11-3-7-18-8-4-11/h11,16H,3-10H2,1-2H3,(H,14,15). The van der Waals surface area contributed by atoms with Crippen LogP contribution in [0.1, 0.15) is 32.6 Å². The highest BCUT2D eigenvalue weighted by Crippen LogP contribution is 2.25. The van der Waals surface area contributed by atoms with E-state index in [4.69, 9.17) is 4.74 Å². The summed E-state index contributed by atoms with van der Waals surface area (Å²) in [4.78, 5) is 11.8. The van der Waals surface area contributed by atoms with Crippen LogP contribution >= 0.6 is 11.8 Å². The summed E-state index contributed by atoms with van der Waals surface area (Å²) in [5.41, 5.74) is -0.881. The van der Waals surface area contributed by atoms with Crippen molar-refractivity contribution < 1.29 is 14.6 Å². The highest BCUT2D eigenvalue weighted by Gasteiger charge is 2.22. The molecule has 1 aliphatic rings. The number of carbonyl (C=O) groups is 1. The Balaban J connectivity index is 2.19. The molecule has 0 aromatic rings. The third-order valence-electron chi connectivity index (χ3n) is 3.33. The SMILES string of the molecule is COCCC(C)(O)CNC(=O)CC1CCSCC1. The maximum absolute atomic E-state index is 11.8. The lowest BCUT2D eigenvalue weighted by Gasteiger charge is -2.25. The normalized spacial score (nSPS) is 20.4. The van der Waals surface area contributed by atoms with Gasteiger partial charge >= 0.3 is 0 Å². The predicted octanol–water partition coefficient (Wildman–Crippen LogP) is 1.42. The van der Waals surface area contributed by atoms with Gasteiger partial charge in [-0.25, -0.2) is 0 Å². The molecule has 1 aliphatic heterocycles. The van der Waals surface area contributed by atoms with E-state index >= 15 is 0 Å². The van der Waals surface area contributed by atoms with Crippen LogP contribution in [0.25, 0.3) is 0 Å². The van der Waals surface area contributed by atoms with Crippen molar-refractivity contribution in [1.82, 2.24) is 5.32 Å². The number of rotatable bonds is 7. The van der Waals surface area contributed by atoms with Crippen molar-refractivity contribution in [2.24, 2.45) is 5.92 Å². The molecular weight excluding hydrogens is 250 g/mol. The molecule has 106 valence electrons. The summed E-state index contributed by atoms with van der Waals surface area (Å²) in [6, 6.07) is 0. The lowest BCUT2D eigenvalue weighted by molar-refractivity contribution is -0.123. The maximum Gasteiger partial charge on any atom is 0.220 e. The van der Waals surface area contributed by atoms with Gasteiger partial charge in [0.2, 0.25) is 5.91 Å². The molecule has 0 aromatic heterocycles. The maximum atomic E-state index is 11.8. The van der Waals surface area contributed by atoms with Crippen LogP contribution in [0.4, 0.5) is 0 Å². The second-order valence-electron chi connectivity index (χ2n) is 5.28. The van der Waals surface area contributed by atoms with Gasteiger partial charge in [-0.3, -0.25) is 4.79 Å². The Labute approximate surface area is 114 Å². The molecule has 0 bridgehead atoms. The van der Waals surface area contributed by atoms with Crippen LogP contribution in [0, 0.1) is 5.92 Å². The second kappa shape index (κ2) is 8.02. The van der Waals surface area contributed by atoms with E-state index in [1.54, 1.807) is 14.0 Å². The Hall–Kier alpha value is -0.260. The van der Waals surface area contributed by atoms with Gasteiger partial charge in [0.25, 0.3) is 0 Å². The van der Waals surface area contributed by atoms with E-state index in [-0.39, 0.29) is 5.91 Å². The fraction of sp³-hybridized carbons (Fsp3) is 0.923. The fourth-order valence-electron chi connectivity index (χ4n) is 1.98. The molecule has 0 aliphatic carbocycles. The summed E-state index contributed by atoms with van der Waals surface area (Å²) in [5, 5.41) is 12.8. The molecule has 2 N–H and O–H groups in total. The largest absolute Gasteiger partial charge is 0.388 e. The Kier molecular flexibility index (Phi) is 7.04. The van der Waals surface area contributed by atoms with E-state index in [9.17, 15) is 9.90 Å². The van der Waals surface area contributed by atoms with E-state index < -0.39 is 5.60 Å². The third-order valence-corrected chi connectivity index (χ3v) is 4.37. The number of hydrogen-bond donors (Lipinski definition) is 2. The predicted molar refractivity (Wildman–Crippen MR) is 74.8 cm³/mol. The monoisotopic (exact) mass is 275 g/mol. The van der Waals surface area contributed by atoms with E-state index in [2.05, 4.69) is 5.32 Å². The van der Waals surface area contributed by atoms with E-state index in [1.807, 2.05) is 11.8 Å².